The fourth-order valence-electron chi connectivity index (χ4n) is 2.68. The maximum absolute atomic E-state index is 10.6. The molecule has 0 saturated heterocycles. The van der Waals surface area contributed by atoms with Crippen LogP contribution in [0.4, 0.5) is 0 Å². The predicted octanol–water partition coefficient (Wildman–Crippen LogP) is 2.18. The predicted molar refractivity (Wildman–Crippen MR) is 44.1 cm³/mol. The second kappa shape index (κ2) is 2.47. The third kappa shape index (κ3) is 0.943. The van der Waals surface area contributed by atoms with Crippen LogP contribution in [0.2, 0.25) is 0 Å². The molecule has 3 atom stereocenters. The van der Waals surface area contributed by atoms with Crippen LogP contribution in [0.1, 0.15) is 26.2 Å². The fraction of sp³-hybridized carbons (Fsp3) is 0.700. The molecule has 2 aliphatic rings. The van der Waals surface area contributed by atoms with Gasteiger partial charge in [0, 0.05) is 5.92 Å². The molecule has 0 N–H and O–H groups in total. The van der Waals surface area contributed by atoms with Gasteiger partial charge >= 0.3 is 0 Å². The summed E-state index contributed by atoms with van der Waals surface area (Å²) in [7, 11) is 0. The van der Waals surface area contributed by atoms with E-state index in [1.54, 1.807) is 5.57 Å². The first kappa shape index (κ1) is 7.08. The van der Waals surface area contributed by atoms with E-state index in [0.717, 1.165) is 18.6 Å². The summed E-state index contributed by atoms with van der Waals surface area (Å²) >= 11 is 0. The molecular formula is C10H14O. The molecule has 2 aliphatic carbocycles. The van der Waals surface area contributed by atoms with Gasteiger partial charge in [-0.15, -0.1) is 0 Å². The van der Waals surface area contributed by atoms with Crippen LogP contribution in [-0.2, 0) is 4.79 Å². The first-order chi connectivity index (χ1) is 5.35. The van der Waals surface area contributed by atoms with Crippen molar-refractivity contribution in [3.63, 3.8) is 0 Å². The Balaban J connectivity index is 2.14. The number of aldehydes is 1. The molecule has 0 spiro atoms. The highest BCUT2D eigenvalue weighted by Crippen LogP contribution is 2.50. The van der Waals surface area contributed by atoms with Crippen LogP contribution < -0.4 is 0 Å². The molecule has 3 unspecified atom stereocenters. The van der Waals surface area contributed by atoms with Crippen LogP contribution in [0.15, 0.2) is 11.6 Å². The van der Waals surface area contributed by atoms with Crippen LogP contribution in [0.25, 0.3) is 0 Å². The Hall–Kier alpha value is -0.590. The molecule has 11 heavy (non-hydrogen) atoms. The van der Waals surface area contributed by atoms with Crippen molar-refractivity contribution in [2.45, 2.75) is 26.2 Å². The van der Waals surface area contributed by atoms with Crippen molar-refractivity contribution < 1.29 is 4.79 Å². The summed E-state index contributed by atoms with van der Waals surface area (Å²) < 4.78 is 0. The maximum Gasteiger partial charge on any atom is 0.123 e. The van der Waals surface area contributed by atoms with Crippen molar-refractivity contribution >= 4 is 6.29 Å². The highest BCUT2D eigenvalue weighted by atomic mass is 16.1. The summed E-state index contributed by atoms with van der Waals surface area (Å²) in [6, 6.07) is 0. The quantitative estimate of drug-likeness (QED) is 0.413. The fourth-order valence-corrected chi connectivity index (χ4v) is 2.68. The zero-order chi connectivity index (χ0) is 7.84. The summed E-state index contributed by atoms with van der Waals surface area (Å²) in [5.41, 5.74) is 1.60. The lowest BCUT2D eigenvalue weighted by molar-refractivity contribution is -0.112. The van der Waals surface area contributed by atoms with Gasteiger partial charge in [0.15, 0.2) is 0 Å². The lowest BCUT2D eigenvalue weighted by Gasteiger charge is -2.17. The van der Waals surface area contributed by atoms with Crippen LogP contribution in [-0.4, -0.2) is 6.29 Å². The van der Waals surface area contributed by atoms with E-state index >= 15 is 0 Å². The Bertz CT molecular complexity index is 205. The summed E-state index contributed by atoms with van der Waals surface area (Å²) in [6.45, 7) is 2.12. The van der Waals surface area contributed by atoms with E-state index in [2.05, 4.69) is 13.0 Å². The van der Waals surface area contributed by atoms with Crippen molar-refractivity contribution in [3.05, 3.63) is 11.6 Å². The van der Waals surface area contributed by atoms with Gasteiger partial charge < -0.3 is 4.79 Å². The standard InChI is InChI=1S/C10H14O/c1-2-7-3-9-4-8(7)5-10(9)6-11/h2,6,8-10H,3-5H2,1H3. The Kier molecular flexibility index (Phi) is 1.59. The molecule has 2 rings (SSSR count). The Morgan fingerprint density at radius 3 is 2.73 bits per heavy atom. The molecule has 0 aromatic heterocycles. The highest BCUT2D eigenvalue weighted by Gasteiger charge is 2.41. The molecular weight excluding hydrogens is 136 g/mol. The molecule has 0 amide bonds. The second-order valence-corrected chi connectivity index (χ2v) is 3.80. The van der Waals surface area contributed by atoms with Crippen LogP contribution in [0.3, 0.4) is 0 Å². The van der Waals surface area contributed by atoms with Crippen molar-refractivity contribution in [1.29, 1.82) is 0 Å². The third-order valence-corrected chi connectivity index (χ3v) is 3.32. The van der Waals surface area contributed by atoms with E-state index in [-0.39, 0.29) is 0 Å². The van der Waals surface area contributed by atoms with Crippen molar-refractivity contribution in [2.75, 3.05) is 0 Å². The first-order valence-corrected chi connectivity index (χ1v) is 4.45. The van der Waals surface area contributed by atoms with Crippen molar-refractivity contribution in [1.82, 2.24) is 0 Å². The van der Waals surface area contributed by atoms with E-state index in [9.17, 15) is 4.79 Å². The maximum atomic E-state index is 10.6. The number of carbonyl (C=O) groups excluding carboxylic acids is 1. The van der Waals surface area contributed by atoms with Gasteiger partial charge in [0.05, 0.1) is 0 Å². The molecule has 0 heterocycles. The number of hydrogen-bond acceptors (Lipinski definition) is 1. The average Bonchev–Trinajstić information content (AvgIpc) is 2.60. The van der Waals surface area contributed by atoms with Gasteiger partial charge in [-0.1, -0.05) is 11.6 Å². The minimum absolute atomic E-state index is 0.392. The topological polar surface area (TPSA) is 17.1 Å². The molecule has 0 aliphatic heterocycles. The SMILES string of the molecule is CC=C1CC2CC1CC2C=O. The van der Waals surface area contributed by atoms with Crippen LogP contribution in [0.5, 0.6) is 0 Å². The van der Waals surface area contributed by atoms with Gasteiger partial charge in [0.25, 0.3) is 0 Å². The van der Waals surface area contributed by atoms with Gasteiger partial charge in [-0.3, -0.25) is 0 Å². The van der Waals surface area contributed by atoms with Gasteiger partial charge in [-0.05, 0) is 38.0 Å². The number of hydrogen-bond donors (Lipinski definition) is 0. The van der Waals surface area contributed by atoms with Crippen molar-refractivity contribution in [3.8, 4) is 0 Å². The Labute approximate surface area is 67.5 Å². The molecule has 1 nitrogen and oxygen atoms in total. The second-order valence-electron chi connectivity index (χ2n) is 3.80. The molecule has 2 saturated carbocycles. The molecule has 0 aromatic rings. The summed E-state index contributed by atoms with van der Waals surface area (Å²) in [5, 5.41) is 0. The van der Waals surface area contributed by atoms with E-state index in [1.807, 2.05) is 0 Å². The lowest BCUT2D eigenvalue weighted by atomic mass is 9.87. The summed E-state index contributed by atoms with van der Waals surface area (Å²) in [4.78, 5) is 10.6. The third-order valence-electron chi connectivity index (χ3n) is 3.32. The van der Waals surface area contributed by atoms with Crippen LogP contribution in [0, 0.1) is 17.8 Å². The minimum atomic E-state index is 0.392. The molecule has 0 radical (unpaired) electrons. The monoisotopic (exact) mass is 150 g/mol. The van der Waals surface area contributed by atoms with Gasteiger partial charge in [-0.25, -0.2) is 0 Å². The van der Waals surface area contributed by atoms with E-state index < -0.39 is 0 Å². The van der Waals surface area contributed by atoms with Gasteiger partial charge in [0.1, 0.15) is 6.29 Å². The number of fused-ring (bicyclic) bond motifs is 2. The smallest absolute Gasteiger partial charge is 0.123 e. The molecule has 60 valence electrons. The van der Waals surface area contributed by atoms with E-state index in [4.69, 9.17) is 0 Å². The van der Waals surface area contributed by atoms with Gasteiger partial charge in [-0.2, -0.15) is 0 Å². The minimum Gasteiger partial charge on any atom is -0.303 e. The molecule has 2 bridgehead atoms. The lowest BCUT2D eigenvalue weighted by Crippen LogP contribution is -2.12. The van der Waals surface area contributed by atoms with Crippen LogP contribution >= 0.6 is 0 Å². The first-order valence-electron chi connectivity index (χ1n) is 4.45. The van der Waals surface area contributed by atoms with Crippen molar-refractivity contribution in [2.24, 2.45) is 17.8 Å². The summed E-state index contributed by atoms with van der Waals surface area (Å²) in [5.74, 6) is 1.85. The average molecular weight is 150 g/mol. The van der Waals surface area contributed by atoms with E-state index in [1.165, 1.54) is 12.8 Å². The Morgan fingerprint density at radius 1 is 1.45 bits per heavy atom. The zero-order valence-corrected chi connectivity index (χ0v) is 6.92. The number of rotatable bonds is 1. The molecule has 0 aromatic carbocycles. The number of carbonyl (C=O) groups is 1. The number of allylic oxidation sites excluding steroid dienone is 2. The largest absolute Gasteiger partial charge is 0.303 e. The summed E-state index contributed by atoms with van der Waals surface area (Å²) in [6.07, 6.45) is 7.02. The zero-order valence-electron chi connectivity index (χ0n) is 6.92. The van der Waals surface area contributed by atoms with Gasteiger partial charge in [0.2, 0.25) is 0 Å². The molecule has 1 heteroatoms. The Morgan fingerprint density at radius 2 is 2.27 bits per heavy atom. The van der Waals surface area contributed by atoms with E-state index in [0.29, 0.717) is 11.8 Å². The highest BCUT2D eigenvalue weighted by molar-refractivity contribution is 5.56. The normalized spacial score (nSPS) is 45.2. The molecule has 2 fully saturated rings.